The SMILES string of the molecule is CC(C(=O)NC(N)=O)N(C)CCO. The van der Waals surface area contributed by atoms with Crippen molar-refractivity contribution in [1.29, 1.82) is 0 Å². The summed E-state index contributed by atoms with van der Waals surface area (Å²) in [6, 6.07) is -1.35. The number of nitrogens with two attached hydrogens (primary N) is 1. The topological polar surface area (TPSA) is 95.7 Å². The summed E-state index contributed by atoms with van der Waals surface area (Å²) in [5, 5.41) is 10.5. The Morgan fingerprint density at radius 2 is 2.15 bits per heavy atom. The minimum absolute atomic E-state index is 0.0370. The number of carbonyl (C=O) groups is 2. The van der Waals surface area contributed by atoms with Gasteiger partial charge in [0.1, 0.15) is 0 Å². The molecule has 0 aliphatic carbocycles. The molecule has 0 aromatic carbocycles. The maximum Gasteiger partial charge on any atom is 0.318 e. The molecule has 6 heteroatoms. The number of urea groups is 1. The summed E-state index contributed by atoms with van der Waals surface area (Å²) in [7, 11) is 1.67. The van der Waals surface area contributed by atoms with Crippen LogP contribution in [0.2, 0.25) is 0 Å². The van der Waals surface area contributed by atoms with E-state index in [0.717, 1.165) is 0 Å². The highest BCUT2D eigenvalue weighted by Crippen LogP contribution is 1.93. The van der Waals surface area contributed by atoms with Gasteiger partial charge in [-0.25, -0.2) is 4.79 Å². The number of aliphatic hydroxyl groups is 1. The summed E-state index contributed by atoms with van der Waals surface area (Å²) >= 11 is 0. The van der Waals surface area contributed by atoms with Crippen molar-refractivity contribution in [2.24, 2.45) is 5.73 Å². The van der Waals surface area contributed by atoms with E-state index in [4.69, 9.17) is 10.8 Å². The Bertz CT molecular complexity index is 195. The van der Waals surface area contributed by atoms with E-state index >= 15 is 0 Å². The minimum Gasteiger partial charge on any atom is -0.395 e. The Labute approximate surface area is 76.7 Å². The molecule has 1 unspecified atom stereocenters. The summed E-state index contributed by atoms with van der Waals surface area (Å²) in [6.07, 6.45) is 0. The van der Waals surface area contributed by atoms with Crippen molar-refractivity contribution in [3.63, 3.8) is 0 Å². The lowest BCUT2D eigenvalue weighted by Gasteiger charge is -2.21. The van der Waals surface area contributed by atoms with Crippen LogP contribution >= 0.6 is 0 Å². The average molecular weight is 189 g/mol. The van der Waals surface area contributed by atoms with E-state index in [-0.39, 0.29) is 6.61 Å². The van der Waals surface area contributed by atoms with Gasteiger partial charge in [0.15, 0.2) is 0 Å². The van der Waals surface area contributed by atoms with Gasteiger partial charge in [-0.15, -0.1) is 0 Å². The first-order valence-corrected chi connectivity index (χ1v) is 3.90. The molecule has 0 spiro atoms. The molecule has 0 saturated heterocycles. The lowest BCUT2D eigenvalue weighted by Crippen LogP contribution is -2.47. The van der Waals surface area contributed by atoms with Crippen molar-refractivity contribution < 1.29 is 14.7 Å². The van der Waals surface area contributed by atoms with Crippen molar-refractivity contribution in [1.82, 2.24) is 10.2 Å². The summed E-state index contributed by atoms with van der Waals surface area (Å²) in [5.74, 6) is -0.469. The third-order valence-corrected chi connectivity index (χ3v) is 1.74. The molecule has 0 radical (unpaired) electrons. The van der Waals surface area contributed by atoms with Gasteiger partial charge in [0, 0.05) is 6.54 Å². The first kappa shape index (κ1) is 11.9. The molecule has 4 N–H and O–H groups in total. The standard InChI is InChI=1S/C7H15N3O3/c1-5(10(2)3-4-11)6(12)9-7(8)13/h5,11H,3-4H2,1-2H3,(H3,8,9,12,13). The first-order chi connectivity index (χ1) is 5.99. The van der Waals surface area contributed by atoms with E-state index in [9.17, 15) is 9.59 Å². The molecule has 0 aliphatic heterocycles. The van der Waals surface area contributed by atoms with Crippen molar-refractivity contribution in [3.05, 3.63) is 0 Å². The predicted octanol–water partition coefficient (Wildman–Crippen LogP) is -1.51. The molecule has 0 rings (SSSR count). The number of likely N-dealkylation sites (N-methyl/N-ethyl adjacent to an activating group) is 1. The predicted molar refractivity (Wildman–Crippen MR) is 46.9 cm³/mol. The third kappa shape index (κ3) is 4.44. The van der Waals surface area contributed by atoms with Gasteiger partial charge in [0.05, 0.1) is 12.6 Å². The maximum atomic E-state index is 11.1. The molecule has 0 saturated carbocycles. The second-order valence-electron chi connectivity index (χ2n) is 2.73. The second-order valence-corrected chi connectivity index (χ2v) is 2.73. The van der Waals surface area contributed by atoms with Crippen LogP contribution in [0.3, 0.4) is 0 Å². The number of primary amides is 1. The quantitative estimate of drug-likeness (QED) is 0.501. The Morgan fingerprint density at radius 1 is 1.62 bits per heavy atom. The summed E-state index contributed by atoms with van der Waals surface area (Å²) in [6.45, 7) is 1.95. The van der Waals surface area contributed by atoms with Crippen molar-refractivity contribution in [2.45, 2.75) is 13.0 Å². The molecule has 76 valence electrons. The van der Waals surface area contributed by atoms with Crippen LogP contribution in [-0.2, 0) is 4.79 Å². The highest BCUT2D eigenvalue weighted by molar-refractivity contribution is 5.96. The molecule has 0 aromatic heterocycles. The molecule has 0 heterocycles. The monoisotopic (exact) mass is 189 g/mol. The number of aliphatic hydroxyl groups excluding tert-OH is 1. The van der Waals surface area contributed by atoms with Gasteiger partial charge >= 0.3 is 6.03 Å². The van der Waals surface area contributed by atoms with Gasteiger partial charge in [-0.1, -0.05) is 0 Å². The number of hydrogen-bond donors (Lipinski definition) is 3. The number of amides is 3. The molecule has 6 nitrogen and oxygen atoms in total. The Balaban J connectivity index is 4.01. The number of imide groups is 1. The van der Waals surface area contributed by atoms with Gasteiger partial charge in [0.2, 0.25) is 5.91 Å². The maximum absolute atomic E-state index is 11.1. The van der Waals surface area contributed by atoms with E-state index in [0.29, 0.717) is 6.54 Å². The minimum atomic E-state index is -0.866. The van der Waals surface area contributed by atoms with Gasteiger partial charge in [0.25, 0.3) is 0 Å². The van der Waals surface area contributed by atoms with Gasteiger partial charge in [-0.05, 0) is 14.0 Å². The molecule has 0 bridgehead atoms. The van der Waals surface area contributed by atoms with E-state index in [1.807, 2.05) is 5.32 Å². The number of rotatable bonds is 4. The second kappa shape index (κ2) is 5.50. The fraction of sp³-hybridized carbons (Fsp3) is 0.714. The Hall–Kier alpha value is -1.14. The lowest BCUT2D eigenvalue weighted by atomic mass is 10.3. The molecule has 13 heavy (non-hydrogen) atoms. The molecule has 0 fully saturated rings. The van der Waals surface area contributed by atoms with Crippen molar-refractivity contribution in [2.75, 3.05) is 20.2 Å². The summed E-state index contributed by atoms with van der Waals surface area (Å²) < 4.78 is 0. The lowest BCUT2D eigenvalue weighted by molar-refractivity contribution is -0.124. The highest BCUT2D eigenvalue weighted by atomic mass is 16.3. The van der Waals surface area contributed by atoms with E-state index in [2.05, 4.69) is 0 Å². The normalized spacial score (nSPS) is 12.6. The number of carbonyl (C=O) groups excluding carboxylic acids is 2. The number of nitrogens with one attached hydrogen (secondary N) is 1. The van der Waals surface area contributed by atoms with Gasteiger partial charge in [-0.3, -0.25) is 15.0 Å². The third-order valence-electron chi connectivity index (χ3n) is 1.74. The largest absolute Gasteiger partial charge is 0.395 e. The number of hydrogen-bond acceptors (Lipinski definition) is 4. The zero-order valence-electron chi connectivity index (χ0n) is 7.78. The number of nitrogens with zero attached hydrogens (tertiary/aromatic N) is 1. The molecular weight excluding hydrogens is 174 g/mol. The molecule has 0 aromatic rings. The molecule has 1 atom stereocenters. The van der Waals surface area contributed by atoms with Crippen LogP contribution in [0.5, 0.6) is 0 Å². The smallest absolute Gasteiger partial charge is 0.318 e. The van der Waals surface area contributed by atoms with E-state index in [1.54, 1.807) is 18.9 Å². The van der Waals surface area contributed by atoms with Crippen LogP contribution in [0.25, 0.3) is 0 Å². The fourth-order valence-corrected chi connectivity index (χ4v) is 0.777. The zero-order chi connectivity index (χ0) is 10.4. The van der Waals surface area contributed by atoms with E-state index in [1.165, 1.54) is 0 Å². The fourth-order valence-electron chi connectivity index (χ4n) is 0.777. The van der Waals surface area contributed by atoms with Crippen LogP contribution in [0, 0.1) is 0 Å². The Morgan fingerprint density at radius 3 is 2.54 bits per heavy atom. The van der Waals surface area contributed by atoms with E-state index < -0.39 is 18.0 Å². The molecule has 3 amide bonds. The Kier molecular flexibility index (Phi) is 5.01. The zero-order valence-corrected chi connectivity index (χ0v) is 7.78. The van der Waals surface area contributed by atoms with Crippen molar-refractivity contribution in [3.8, 4) is 0 Å². The molecular formula is C7H15N3O3. The summed E-state index contributed by atoms with van der Waals surface area (Å²) in [5.41, 5.74) is 4.77. The van der Waals surface area contributed by atoms with Crippen molar-refractivity contribution >= 4 is 11.9 Å². The van der Waals surface area contributed by atoms with Crippen LogP contribution in [0.1, 0.15) is 6.92 Å². The van der Waals surface area contributed by atoms with Crippen LogP contribution in [0.15, 0.2) is 0 Å². The molecule has 0 aliphatic rings. The van der Waals surface area contributed by atoms with Crippen LogP contribution < -0.4 is 11.1 Å². The first-order valence-electron chi connectivity index (χ1n) is 3.90. The van der Waals surface area contributed by atoms with Crippen LogP contribution in [-0.4, -0.2) is 48.2 Å². The summed E-state index contributed by atoms with van der Waals surface area (Å²) in [4.78, 5) is 23.1. The van der Waals surface area contributed by atoms with Crippen LogP contribution in [0.4, 0.5) is 4.79 Å². The highest BCUT2D eigenvalue weighted by Gasteiger charge is 2.18. The average Bonchev–Trinajstić information content (AvgIpc) is 2.02. The van der Waals surface area contributed by atoms with Gasteiger partial charge in [-0.2, -0.15) is 0 Å². The van der Waals surface area contributed by atoms with Gasteiger partial charge < -0.3 is 10.8 Å².